The van der Waals surface area contributed by atoms with Gasteiger partial charge in [0.2, 0.25) is 15.9 Å². The van der Waals surface area contributed by atoms with Gasteiger partial charge >= 0.3 is 0 Å². The molecule has 1 amide bonds. The molecule has 1 aromatic rings. The molecule has 0 spiro atoms. The van der Waals surface area contributed by atoms with Crippen molar-refractivity contribution >= 4 is 27.5 Å². The maximum Gasteiger partial charge on any atom is 0.244 e. The fourth-order valence-electron chi connectivity index (χ4n) is 1.06. The summed E-state index contributed by atoms with van der Waals surface area (Å²) in [5.74, 6) is -0.391. The van der Waals surface area contributed by atoms with Gasteiger partial charge in [-0.2, -0.15) is 4.31 Å². The summed E-state index contributed by atoms with van der Waals surface area (Å²) in [5.41, 5.74) is 0. The average molecular weight is 278 g/mol. The molecular weight excluding hydrogens is 266 g/mol. The Hall–Kier alpha value is -1.18. The smallest absolute Gasteiger partial charge is 0.244 e. The van der Waals surface area contributed by atoms with Crippen molar-refractivity contribution in [3.8, 4) is 0 Å². The first-order valence-corrected chi connectivity index (χ1v) is 6.48. The number of hydrogen-bond acceptors (Lipinski definition) is 4. The van der Waals surface area contributed by atoms with Crippen LogP contribution in [0, 0.1) is 0 Å². The van der Waals surface area contributed by atoms with Gasteiger partial charge in [0.05, 0.1) is 6.54 Å². The van der Waals surface area contributed by atoms with Crippen molar-refractivity contribution in [2.75, 3.05) is 20.6 Å². The molecule has 17 heavy (non-hydrogen) atoms. The highest BCUT2D eigenvalue weighted by atomic mass is 35.5. The minimum absolute atomic E-state index is 0.00620. The van der Waals surface area contributed by atoms with E-state index >= 15 is 0 Å². The van der Waals surface area contributed by atoms with Crippen LogP contribution in [0.4, 0.5) is 0 Å². The predicted molar refractivity (Wildman–Crippen MR) is 63.1 cm³/mol. The van der Waals surface area contributed by atoms with E-state index in [2.05, 4.69) is 10.3 Å². The molecule has 0 aliphatic rings. The van der Waals surface area contributed by atoms with E-state index in [-0.39, 0.29) is 16.6 Å². The van der Waals surface area contributed by atoms with Crippen LogP contribution in [-0.4, -0.2) is 44.3 Å². The lowest BCUT2D eigenvalue weighted by Crippen LogP contribution is -2.36. The summed E-state index contributed by atoms with van der Waals surface area (Å²) < 4.78 is 24.9. The number of halogens is 1. The lowest BCUT2D eigenvalue weighted by molar-refractivity contribution is -0.120. The van der Waals surface area contributed by atoms with E-state index in [1.807, 2.05) is 0 Å². The van der Waals surface area contributed by atoms with E-state index in [1.165, 1.54) is 26.2 Å². The second-order valence-electron chi connectivity index (χ2n) is 3.25. The van der Waals surface area contributed by atoms with Gasteiger partial charge < -0.3 is 5.32 Å². The molecule has 1 aromatic heterocycles. The zero-order chi connectivity index (χ0) is 13.1. The number of pyridine rings is 1. The van der Waals surface area contributed by atoms with Gasteiger partial charge in [0.1, 0.15) is 10.0 Å². The van der Waals surface area contributed by atoms with Crippen molar-refractivity contribution in [3.05, 3.63) is 23.5 Å². The number of aromatic nitrogens is 1. The summed E-state index contributed by atoms with van der Waals surface area (Å²) in [7, 11) is -0.954. The molecule has 0 aromatic carbocycles. The third kappa shape index (κ3) is 3.39. The predicted octanol–water partition coefficient (Wildman–Crippen LogP) is 0.101. The Morgan fingerprint density at radius 2 is 2.18 bits per heavy atom. The minimum atomic E-state index is -3.71. The van der Waals surface area contributed by atoms with Gasteiger partial charge in [-0.3, -0.25) is 4.79 Å². The molecule has 1 heterocycles. The van der Waals surface area contributed by atoms with Crippen LogP contribution in [0.25, 0.3) is 0 Å². The number of amides is 1. The van der Waals surface area contributed by atoms with E-state index in [9.17, 15) is 13.2 Å². The number of nitrogens with one attached hydrogen (secondary N) is 1. The van der Waals surface area contributed by atoms with Crippen LogP contribution >= 0.6 is 11.6 Å². The highest BCUT2D eigenvalue weighted by Gasteiger charge is 2.22. The van der Waals surface area contributed by atoms with Crippen LogP contribution in [0.1, 0.15) is 0 Å². The Kier molecular flexibility index (Phi) is 4.44. The van der Waals surface area contributed by atoms with Gasteiger partial charge in [0.25, 0.3) is 0 Å². The first kappa shape index (κ1) is 13.9. The summed E-state index contributed by atoms with van der Waals surface area (Å²) in [4.78, 5) is 14.8. The van der Waals surface area contributed by atoms with E-state index in [1.54, 1.807) is 0 Å². The molecule has 1 rings (SSSR count). The Morgan fingerprint density at radius 3 is 2.65 bits per heavy atom. The number of sulfonamides is 1. The van der Waals surface area contributed by atoms with E-state index in [0.717, 1.165) is 10.5 Å². The van der Waals surface area contributed by atoms with Gasteiger partial charge in [-0.05, 0) is 12.1 Å². The van der Waals surface area contributed by atoms with Crippen LogP contribution < -0.4 is 5.32 Å². The molecule has 0 aliphatic heterocycles. The summed E-state index contributed by atoms with van der Waals surface area (Å²) in [6, 6.07) is 2.72. The summed E-state index contributed by atoms with van der Waals surface area (Å²) in [5, 5.41) is 2.55. The molecule has 0 bridgehead atoms. The summed E-state index contributed by atoms with van der Waals surface area (Å²) >= 11 is 5.56. The van der Waals surface area contributed by atoms with Gasteiger partial charge in [-0.1, -0.05) is 11.6 Å². The second kappa shape index (κ2) is 5.44. The summed E-state index contributed by atoms with van der Waals surface area (Å²) in [6.07, 6.45) is 1.15. The molecule has 8 heteroatoms. The molecule has 0 saturated carbocycles. The molecule has 1 N–H and O–H groups in total. The van der Waals surface area contributed by atoms with E-state index < -0.39 is 15.9 Å². The van der Waals surface area contributed by atoms with Crippen molar-refractivity contribution in [1.29, 1.82) is 0 Å². The molecular formula is C9H12ClN3O3S. The van der Waals surface area contributed by atoms with E-state index in [0.29, 0.717) is 0 Å². The number of nitrogens with zero attached hydrogens (tertiary/aromatic N) is 2. The molecule has 94 valence electrons. The number of rotatable bonds is 4. The first-order valence-electron chi connectivity index (χ1n) is 4.66. The molecule has 0 saturated heterocycles. The lowest BCUT2D eigenvalue weighted by Gasteiger charge is -2.15. The number of likely N-dealkylation sites (N-methyl/N-ethyl adjacent to an activating group) is 2. The Labute approximate surface area is 105 Å². The average Bonchev–Trinajstić information content (AvgIpc) is 2.29. The van der Waals surface area contributed by atoms with Gasteiger partial charge in [-0.25, -0.2) is 13.4 Å². The highest BCUT2D eigenvalue weighted by Crippen LogP contribution is 2.14. The standard InChI is InChI=1S/C9H12ClN3O3S/c1-11-9(14)6-13(2)17(15,16)7-3-4-8(10)12-5-7/h3-5H,6H2,1-2H3,(H,11,14). The fraction of sp³-hybridized carbons (Fsp3) is 0.333. The third-order valence-electron chi connectivity index (χ3n) is 2.05. The largest absolute Gasteiger partial charge is 0.358 e. The van der Waals surface area contributed by atoms with Gasteiger partial charge in [0.15, 0.2) is 0 Å². The summed E-state index contributed by atoms with van der Waals surface area (Å²) in [6.45, 7) is -0.249. The Morgan fingerprint density at radius 1 is 1.53 bits per heavy atom. The monoisotopic (exact) mass is 277 g/mol. The molecule has 0 unspecified atom stereocenters. The first-order chi connectivity index (χ1) is 7.87. The zero-order valence-corrected chi connectivity index (χ0v) is 10.9. The Bertz CT molecular complexity index is 501. The Balaban J connectivity index is 2.95. The minimum Gasteiger partial charge on any atom is -0.358 e. The van der Waals surface area contributed by atoms with Crippen LogP contribution in [0.2, 0.25) is 5.15 Å². The van der Waals surface area contributed by atoms with Crippen molar-refractivity contribution in [2.24, 2.45) is 0 Å². The highest BCUT2D eigenvalue weighted by molar-refractivity contribution is 7.89. The number of hydrogen-bond donors (Lipinski definition) is 1. The van der Waals surface area contributed by atoms with E-state index in [4.69, 9.17) is 11.6 Å². The van der Waals surface area contributed by atoms with Crippen molar-refractivity contribution in [1.82, 2.24) is 14.6 Å². The maximum absolute atomic E-state index is 12.0. The van der Waals surface area contributed by atoms with Crippen LogP contribution in [-0.2, 0) is 14.8 Å². The lowest BCUT2D eigenvalue weighted by atomic mass is 10.5. The topological polar surface area (TPSA) is 79.4 Å². The molecule has 0 atom stereocenters. The maximum atomic E-state index is 12.0. The zero-order valence-electron chi connectivity index (χ0n) is 9.34. The fourth-order valence-corrected chi connectivity index (χ4v) is 2.25. The van der Waals surface area contributed by atoms with Crippen LogP contribution in [0.5, 0.6) is 0 Å². The van der Waals surface area contributed by atoms with Crippen molar-refractivity contribution < 1.29 is 13.2 Å². The molecule has 0 aliphatic carbocycles. The normalized spacial score (nSPS) is 11.5. The van der Waals surface area contributed by atoms with Gasteiger partial charge in [-0.15, -0.1) is 0 Å². The molecule has 6 nitrogen and oxygen atoms in total. The quantitative estimate of drug-likeness (QED) is 0.792. The van der Waals surface area contributed by atoms with Crippen LogP contribution in [0.15, 0.2) is 23.2 Å². The number of carbonyl (C=O) groups excluding carboxylic acids is 1. The van der Waals surface area contributed by atoms with Crippen molar-refractivity contribution in [3.63, 3.8) is 0 Å². The van der Waals surface area contributed by atoms with Crippen LogP contribution in [0.3, 0.4) is 0 Å². The SMILES string of the molecule is CNC(=O)CN(C)S(=O)(=O)c1ccc(Cl)nc1. The van der Waals surface area contributed by atoms with Crippen molar-refractivity contribution in [2.45, 2.75) is 4.90 Å². The van der Waals surface area contributed by atoms with Gasteiger partial charge in [0, 0.05) is 20.3 Å². The molecule has 0 fully saturated rings. The third-order valence-corrected chi connectivity index (χ3v) is 4.06. The molecule has 0 radical (unpaired) electrons. The second-order valence-corrected chi connectivity index (χ2v) is 5.68. The number of carbonyl (C=O) groups is 1.